The molecule has 0 bridgehead atoms. The highest BCUT2D eigenvalue weighted by atomic mass is 16.5. The molecule has 0 spiro atoms. The molecule has 0 saturated heterocycles. The predicted molar refractivity (Wildman–Crippen MR) is 67.7 cm³/mol. The number of hydrogen-bond acceptors (Lipinski definition) is 3. The quantitative estimate of drug-likeness (QED) is 0.763. The van der Waals surface area contributed by atoms with Crippen molar-refractivity contribution in [3.8, 4) is 5.75 Å². The molecule has 0 saturated carbocycles. The lowest BCUT2D eigenvalue weighted by Gasteiger charge is -2.07. The van der Waals surface area contributed by atoms with Gasteiger partial charge in [0.15, 0.2) is 0 Å². The van der Waals surface area contributed by atoms with Crippen LogP contribution in [0.2, 0.25) is 0 Å². The lowest BCUT2D eigenvalue weighted by molar-refractivity contribution is 0.317. The van der Waals surface area contributed by atoms with E-state index in [4.69, 9.17) is 9.15 Å². The first kappa shape index (κ1) is 11.7. The molecule has 0 aliphatic heterocycles. The topological polar surface area (TPSA) is 39.4 Å². The van der Waals surface area contributed by atoms with Crippen LogP contribution in [0.4, 0.5) is 0 Å². The van der Waals surface area contributed by atoms with Crippen LogP contribution in [0.25, 0.3) is 11.0 Å². The van der Waals surface area contributed by atoms with Gasteiger partial charge in [0.1, 0.15) is 11.3 Å². The molecule has 0 atom stereocenters. The standard InChI is InChI=1S/C14H16O3/c1-4-7-16-11-5-6-12-9(2)10(3)14(15)17-13(12)8-11/h5-6,8H,4,7H2,1-3H3. The number of benzene rings is 1. The minimum atomic E-state index is -0.275. The van der Waals surface area contributed by atoms with Gasteiger partial charge in [0.2, 0.25) is 0 Å². The first-order valence-corrected chi connectivity index (χ1v) is 5.80. The van der Waals surface area contributed by atoms with Gasteiger partial charge < -0.3 is 9.15 Å². The Morgan fingerprint density at radius 1 is 1.24 bits per heavy atom. The Bertz CT molecular complexity index is 596. The van der Waals surface area contributed by atoms with Gasteiger partial charge in [-0.25, -0.2) is 4.79 Å². The Hall–Kier alpha value is -1.77. The lowest BCUT2D eigenvalue weighted by Crippen LogP contribution is -2.05. The van der Waals surface area contributed by atoms with E-state index in [1.807, 2.05) is 19.1 Å². The van der Waals surface area contributed by atoms with Gasteiger partial charge in [-0.05, 0) is 38.0 Å². The van der Waals surface area contributed by atoms with Crippen LogP contribution >= 0.6 is 0 Å². The third-order valence-corrected chi connectivity index (χ3v) is 2.90. The fourth-order valence-electron chi connectivity index (χ4n) is 1.74. The van der Waals surface area contributed by atoms with E-state index in [1.165, 1.54) is 0 Å². The summed E-state index contributed by atoms with van der Waals surface area (Å²) in [6.07, 6.45) is 0.953. The second-order valence-electron chi connectivity index (χ2n) is 4.15. The zero-order valence-corrected chi connectivity index (χ0v) is 10.4. The van der Waals surface area contributed by atoms with E-state index in [2.05, 4.69) is 6.92 Å². The van der Waals surface area contributed by atoms with E-state index in [1.54, 1.807) is 13.0 Å². The van der Waals surface area contributed by atoms with Gasteiger partial charge in [-0.1, -0.05) is 6.92 Å². The second kappa shape index (κ2) is 4.62. The molecular formula is C14H16O3. The summed E-state index contributed by atoms with van der Waals surface area (Å²) in [5.74, 6) is 0.741. The van der Waals surface area contributed by atoms with Gasteiger partial charge >= 0.3 is 5.63 Å². The Morgan fingerprint density at radius 2 is 2.00 bits per heavy atom. The summed E-state index contributed by atoms with van der Waals surface area (Å²) in [4.78, 5) is 11.6. The van der Waals surface area contributed by atoms with Crippen molar-refractivity contribution in [2.24, 2.45) is 0 Å². The third kappa shape index (κ3) is 2.18. The smallest absolute Gasteiger partial charge is 0.339 e. The Labute approximate surface area is 100 Å². The first-order valence-electron chi connectivity index (χ1n) is 5.80. The van der Waals surface area contributed by atoms with Crippen molar-refractivity contribution in [3.05, 3.63) is 39.7 Å². The zero-order chi connectivity index (χ0) is 12.4. The van der Waals surface area contributed by atoms with Crippen molar-refractivity contribution in [3.63, 3.8) is 0 Å². The van der Waals surface area contributed by atoms with Crippen molar-refractivity contribution in [2.45, 2.75) is 27.2 Å². The van der Waals surface area contributed by atoms with E-state index in [9.17, 15) is 4.79 Å². The number of fused-ring (bicyclic) bond motifs is 1. The van der Waals surface area contributed by atoms with E-state index in [-0.39, 0.29) is 5.63 Å². The van der Waals surface area contributed by atoms with E-state index in [0.717, 1.165) is 23.1 Å². The second-order valence-corrected chi connectivity index (χ2v) is 4.15. The molecule has 0 aliphatic rings. The minimum absolute atomic E-state index is 0.275. The van der Waals surface area contributed by atoms with Gasteiger partial charge in [-0.3, -0.25) is 0 Å². The largest absolute Gasteiger partial charge is 0.493 e. The maximum absolute atomic E-state index is 11.6. The minimum Gasteiger partial charge on any atom is -0.493 e. The van der Waals surface area contributed by atoms with Crippen LogP contribution in [0.1, 0.15) is 24.5 Å². The lowest BCUT2D eigenvalue weighted by atomic mass is 10.1. The summed E-state index contributed by atoms with van der Waals surface area (Å²) in [6, 6.07) is 5.62. The van der Waals surface area contributed by atoms with Crippen LogP contribution in [0, 0.1) is 13.8 Å². The SMILES string of the molecule is CCCOc1ccc2c(C)c(C)c(=O)oc2c1. The van der Waals surface area contributed by atoms with Crippen LogP contribution < -0.4 is 10.4 Å². The van der Waals surface area contributed by atoms with Crippen LogP contribution in [-0.2, 0) is 0 Å². The number of aryl methyl sites for hydroxylation is 1. The monoisotopic (exact) mass is 232 g/mol. The highest BCUT2D eigenvalue weighted by Crippen LogP contribution is 2.23. The predicted octanol–water partition coefficient (Wildman–Crippen LogP) is 3.20. The van der Waals surface area contributed by atoms with E-state index < -0.39 is 0 Å². The van der Waals surface area contributed by atoms with Crippen molar-refractivity contribution in [1.82, 2.24) is 0 Å². The van der Waals surface area contributed by atoms with Crippen LogP contribution in [0.5, 0.6) is 5.75 Å². The molecule has 0 fully saturated rings. The van der Waals surface area contributed by atoms with Gasteiger partial charge in [0.05, 0.1) is 6.61 Å². The molecule has 0 unspecified atom stereocenters. The van der Waals surface area contributed by atoms with Gasteiger partial charge in [-0.15, -0.1) is 0 Å². The molecule has 2 aromatic rings. The fourth-order valence-corrected chi connectivity index (χ4v) is 1.74. The summed E-state index contributed by atoms with van der Waals surface area (Å²) in [5.41, 5.74) is 1.95. The van der Waals surface area contributed by atoms with Crippen molar-refractivity contribution >= 4 is 11.0 Å². The average Bonchev–Trinajstić information content (AvgIpc) is 2.33. The molecule has 1 aromatic carbocycles. The van der Waals surface area contributed by atoms with Crippen LogP contribution in [-0.4, -0.2) is 6.61 Å². The third-order valence-electron chi connectivity index (χ3n) is 2.90. The normalized spacial score (nSPS) is 10.8. The first-order chi connectivity index (χ1) is 8.13. The van der Waals surface area contributed by atoms with E-state index >= 15 is 0 Å². The Morgan fingerprint density at radius 3 is 2.71 bits per heavy atom. The maximum Gasteiger partial charge on any atom is 0.339 e. The highest BCUT2D eigenvalue weighted by Gasteiger charge is 2.08. The molecule has 90 valence electrons. The summed E-state index contributed by atoms with van der Waals surface area (Å²) in [5, 5.41) is 0.964. The molecule has 3 nitrogen and oxygen atoms in total. The summed E-state index contributed by atoms with van der Waals surface area (Å²) < 4.78 is 10.8. The zero-order valence-electron chi connectivity index (χ0n) is 10.4. The summed E-state index contributed by atoms with van der Waals surface area (Å²) in [7, 11) is 0. The molecule has 0 N–H and O–H groups in total. The number of ether oxygens (including phenoxy) is 1. The van der Waals surface area contributed by atoms with Crippen LogP contribution in [0.3, 0.4) is 0 Å². The molecule has 2 rings (SSSR count). The van der Waals surface area contributed by atoms with Crippen LogP contribution in [0.15, 0.2) is 27.4 Å². The molecule has 0 radical (unpaired) electrons. The van der Waals surface area contributed by atoms with Crippen molar-refractivity contribution in [1.29, 1.82) is 0 Å². The van der Waals surface area contributed by atoms with Crippen molar-refractivity contribution in [2.75, 3.05) is 6.61 Å². The fraction of sp³-hybridized carbons (Fsp3) is 0.357. The molecule has 1 aromatic heterocycles. The maximum atomic E-state index is 11.6. The summed E-state index contributed by atoms with van der Waals surface area (Å²) in [6.45, 7) is 6.43. The number of rotatable bonds is 3. The Balaban J connectivity index is 2.55. The Kier molecular flexibility index (Phi) is 3.18. The molecule has 17 heavy (non-hydrogen) atoms. The number of hydrogen-bond donors (Lipinski definition) is 0. The molecule has 1 heterocycles. The van der Waals surface area contributed by atoms with Crippen molar-refractivity contribution < 1.29 is 9.15 Å². The molecule has 0 amide bonds. The van der Waals surface area contributed by atoms with Gasteiger partial charge in [0, 0.05) is 17.0 Å². The molecule has 3 heteroatoms. The molecular weight excluding hydrogens is 216 g/mol. The average molecular weight is 232 g/mol. The highest BCUT2D eigenvalue weighted by molar-refractivity contribution is 5.82. The molecule has 0 aliphatic carbocycles. The van der Waals surface area contributed by atoms with Gasteiger partial charge in [-0.2, -0.15) is 0 Å². The summed E-state index contributed by atoms with van der Waals surface area (Å²) >= 11 is 0. The van der Waals surface area contributed by atoms with Gasteiger partial charge in [0.25, 0.3) is 0 Å². The van der Waals surface area contributed by atoms with E-state index in [0.29, 0.717) is 17.8 Å².